The summed E-state index contributed by atoms with van der Waals surface area (Å²) in [6.45, 7) is 3.65. The Morgan fingerprint density at radius 3 is 2.21 bits per heavy atom. The van der Waals surface area contributed by atoms with Crippen LogP contribution in [-0.4, -0.2) is 24.3 Å². The Kier molecular flexibility index (Phi) is 3.45. The fourth-order valence-corrected chi connectivity index (χ4v) is 2.29. The van der Waals surface area contributed by atoms with Crippen molar-refractivity contribution in [3.05, 3.63) is 0 Å². The van der Waals surface area contributed by atoms with E-state index in [2.05, 4.69) is 12.2 Å². The Balaban J connectivity index is 1.66. The largest absolute Gasteiger partial charge is 0.396 e. The molecule has 2 rings (SSSR count). The number of hydrogen-bond donors (Lipinski definition) is 2. The van der Waals surface area contributed by atoms with Gasteiger partial charge in [0, 0.05) is 12.6 Å². The Morgan fingerprint density at radius 2 is 1.79 bits per heavy atom. The zero-order valence-electron chi connectivity index (χ0n) is 9.21. The summed E-state index contributed by atoms with van der Waals surface area (Å²) in [6, 6.07) is 0.816. The summed E-state index contributed by atoms with van der Waals surface area (Å²) in [4.78, 5) is 0. The minimum atomic E-state index is 0.334. The van der Waals surface area contributed by atoms with E-state index >= 15 is 0 Å². The number of nitrogens with one attached hydrogen (secondary N) is 1. The van der Waals surface area contributed by atoms with Gasteiger partial charge in [-0.15, -0.1) is 0 Å². The summed E-state index contributed by atoms with van der Waals surface area (Å²) in [5, 5.41) is 12.5. The van der Waals surface area contributed by atoms with Gasteiger partial charge in [0.15, 0.2) is 0 Å². The fraction of sp³-hybridized carbons (Fsp3) is 1.00. The van der Waals surface area contributed by atoms with E-state index in [1.165, 1.54) is 25.7 Å². The molecule has 2 heteroatoms. The van der Waals surface area contributed by atoms with E-state index in [4.69, 9.17) is 5.11 Å². The molecular formula is C12H23NO. The highest BCUT2D eigenvalue weighted by Crippen LogP contribution is 2.44. The Morgan fingerprint density at radius 1 is 1.21 bits per heavy atom. The van der Waals surface area contributed by atoms with Crippen molar-refractivity contribution in [2.24, 2.45) is 17.8 Å². The highest BCUT2D eigenvalue weighted by molar-refractivity contribution is 4.96. The quantitative estimate of drug-likeness (QED) is 0.652. The molecule has 0 saturated heterocycles. The third-order valence-corrected chi connectivity index (χ3v) is 3.58. The van der Waals surface area contributed by atoms with Gasteiger partial charge in [-0.2, -0.15) is 0 Å². The van der Waals surface area contributed by atoms with Gasteiger partial charge < -0.3 is 10.4 Å². The second-order valence-corrected chi connectivity index (χ2v) is 5.23. The Hall–Kier alpha value is -0.0800. The molecule has 0 amide bonds. The summed E-state index contributed by atoms with van der Waals surface area (Å²) in [5.74, 6) is 2.60. The van der Waals surface area contributed by atoms with Gasteiger partial charge in [-0.1, -0.05) is 6.92 Å². The standard InChI is InChI=1S/C12H23NO/c1-9(6-7-14)8-13-12(10-2-3-10)11-4-5-11/h9-14H,2-8H2,1H3. The third-order valence-electron chi connectivity index (χ3n) is 3.58. The molecule has 2 nitrogen and oxygen atoms in total. The molecule has 2 aliphatic rings. The lowest BCUT2D eigenvalue weighted by atomic mass is 10.0. The molecule has 0 aromatic carbocycles. The molecule has 2 saturated carbocycles. The van der Waals surface area contributed by atoms with E-state index in [-0.39, 0.29) is 0 Å². The van der Waals surface area contributed by atoms with Gasteiger partial charge in [-0.25, -0.2) is 0 Å². The first-order valence-corrected chi connectivity index (χ1v) is 6.15. The molecule has 2 fully saturated rings. The van der Waals surface area contributed by atoms with Gasteiger partial charge in [0.1, 0.15) is 0 Å². The maximum atomic E-state index is 8.82. The number of aliphatic hydroxyl groups excluding tert-OH is 1. The van der Waals surface area contributed by atoms with E-state index in [1.54, 1.807) is 0 Å². The van der Waals surface area contributed by atoms with Gasteiger partial charge >= 0.3 is 0 Å². The van der Waals surface area contributed by atoms with Crippen molar-refractivity contribution in [3.8, 4) is 0 Å². The average Bonchev–Trinajstić information content (AvgIpc) is 3.01. The molecule has 2 aliphatic carbocycles. The molecule has 82 valence electrons. The van der Waals surface area contributed by atoms with Crippen LogP contribution in [-0.2, 0) is 0 Å². The lowest BCUT2D eigenvalue weighted by Gasteiger charge is -2.20. The molecule has 1 unspecified atom stereocenters. The zero-order chi connectivity index (χ0) is 9.97. The van der Waals surface area contributed by atoms with Crippen molar-refractivity contribution < 1.29 is 5.11 Å². The number of rotatable bonds is 7. The SMILES string of the molecule is CC(CCO)CNC(C1CC1)C1CC1. The van der Waals surface area contributed by atoms with Crippen molar-refractivity contribution >= 4 is 0 Å². The van der Waals surface area contributed by atoms with Crippen LogP contribution in [0.25, 0.3) is 0 Å². The van der Waals surface area contributed by atoms with Gasteiger partial charge in [0.2, 0.25) is 0 Å². The molecule has 2 N–H and O–H groups in total. The molecule has 1 atom stereocenters. The first kappa shape index (κ1) is 10.4. The van der Waals surface area contributed by atoms with E-state index < -0.39 is 0 Å². The molecule has 0 aromatic rings. The molecule has 0 radical (unpaired) electrons. The van der Waals surface area contributed by atoms with E-state index in [0.29, 0.717) is 12.5 Å². The van der Waals surface area contributed by atoms with E-state index in [9.17, 15) is 0 Å². The van der Waals surface area contributed by atoms with Crippen LogP contribution in [0.1, 0.15) is 39.0 Å². The Bertz CT molecular complexity index is 163. The summed E-state index contributed by atoms with van der Waals surface area (Å²) in [7, 11) is 0. The first-order chi connectivity index (χ1) is 6.81. The van der Waals surface area contributed by atoms with Gasteiger partial charge in [0.25, 0.3) is 0 Å². The second kappa shape index (κ2) is 4.63. The van der Waals surface area contributed by atoms with Crippen LogP contribution in [0.3, 0.4) is 0 Å². The molecule has 0 aliphatic heterocycles. The van der Waals surface area contributed by atoms with Crippen LogP contribution in [0.2, 0.25) is 0 Å². The van der Waals surface area contributed by atoms with Crippen LogP contribution in [0.5, 0.6) is 0 Å². The molecule has 0 heterocycles. The molecular weight excluding hydrogens is 174 g/mol. The summed E-state index contributed by atoms with van der Waals surface area (Å²) in [6.07, 6.45) is 6.73. The topological polar surface area (TPSA) is 32.3 Å². The van der Waals surface area contributed by atoms with Gasteiger partial charge in [-0.05, 0) is 56.4 Å². The molecule has 14 heavy (non-hydrogen) atoms. The van der Waals surface area contributed by atoms with E-state index in [1.807, 2.05) is 0 Å². The van der Waals surface area contributed by atoms with Crippen molar-refractivity contribution in [1.82, 2.24) is 5.32 Å². The molecule has 0 bridgehead atoms. The fourth-order valence-electron chi connectivity index (χ4n) is 2.29. The van der Waals surface area contributed by atoms with Crippen molar-refractivity contribution in [1.29, 1.82) is 0 Å². The van der Waals surface area contributed by atoms with Crippen LogP contribution in [0, 0.1) is 17.8 Å². The first-order valence-electron chi connectivity index (χ1n) is 6.15. The normalized spacial score (nSPS) is 24.2. The molecule has 0 spiro atoms. The smallest absolute Gasteiger partial charge is 0.0434 e. The third kappa shape index (κ3) is 2.96. The lowest BCUT2D eigenvalue weighted by molar-refractivity contribution is 0.254. The van der Waals surface area contributed by atoms with E-state index in [0.717, 1.165) is 30.8 Å². The highest BCUT2D eigenvalue weighted by Gasteiger charge is 2.40. The minimum absolute atomic E-state index is 0.334. The predicted octanol–water partition coefficient (Wildman–Crippen LogP) is 1.78. The van der Waals surface area contributed by atoms with Gasteiger partial charge in [-0.3, -0.25) is 0 Å². The van der Waals surface area contributed by atoms with Crippen molar-refractivity contribution in [2.45, 2.75) is 45.1 Å². The molecule has 0 aromatic heterocycles. The summed E-state index contributed by atoms with van der Waals surface area (Å²) >= 11 is 0. The Labute approximate surface area is 87.1 Å². The average molecular weight is 197 g/mol. The second-order valence-electron chi connectivity index (χ2n) is 5.23. The zero-order valence-corrected chi connectivity index (χ0v) is 9.21. The predicted molar refractivity (Wildman–Crippen MR) is 58.1 cm³/mol. The monoisotopic (exact) mass is 197 g/mol. The van der Waals surface area contributed by atoms with Crippen LogP contribution >= 0.6 is 0 Å². The van der Waals surface area contributed by atoms with Crippen LogP contribution < -0.4 is 5.32 Å². The lowest BCUT2D eigenvalue weighted by Crippen LogP contribution is -2.36. The van der Waals surface area contributed by atoms with Crippen LogP contribution in [0.15, 0.2) is 0 Å². The summed E-state index contributed by atoms with van der Waals surface area (Å²) in [5.41, 5.74) is 0. The van der Waals surface area contributed by atoms with Crippen molar-refractivity contribution in [3.63, 3.8) is 0 Å². The van der Waals surface area contributed by atoms with Crippen LogP contribution in [0.4, 0.5) is 0 Å². The van der Waals surface area contributed by atoms with Crippen molar-refractivity contribution in [2.75, 3.05) is 13.2 Å². The number of hydrogen-bond acceptors (Lipinski definition) is 2. The maximum Gasteiger partial charge on any atom is 0.0434 e. The minimum Gasteiger partial charge on any atom is -0.396 e. The van der Waals surface area contributed by atoms with Gasteiger partial charge in [0.05, 0.1) is 0 Å². The summed E-state index contributed by atoms with van der Waals surface area (Å²) < 4.78 is 0. The maximum absolute atomic E-state index is 8.82. The number of aliphatic hydroxyl groups is 1. The highest BCUT2D eigenvalue weighted by atomic mass is 16.3.